The molecule has 0 aromatic carbocycles. The molecule has 8 aliphatic rings. The Bertz CT molecular complexity index is 3470. The van der Waals surface area contributed by atoms with Gasteiger partial charge >= 0.3 is 236 Å². The van der Waals surface area contributed by atoms with Crippen LogP contribution in [0.5, 0.6) is 0 Å². The fraction of sp³-hybridized carbons (Fsp3) is 0.889. The first-order chi connectivity index (χ1) is 61.1. The summed E-state index contributed by atoms with van der Waals surface area (Å²) in [6.07, 6.45) is -84.0. The van der Waals surface area contributed by atoms with Gasteiger partial charge in [-0.1, -0.05) is 0 Å². The van der Waals surface area contributed by atoms with Crippen LogP contribution in [0.15, 0.2) is 0 Å². The normalized spacial score (nSPS) is 38.0. The summed E-state index contributed by atoms with van der Waals surface area (Å²) in [6, 6.07) is 0. The average Bonchev–Trinajstić information content (AvgIpc) is 0.766. The number of aliphatic carboxylic acids is 8. The van der Waals surface area contributed by atoms with Gasteiger partial charge in [0.05, 0.1) is 48.8 Å². The minimum absolute atomic E-state index is 0. The van der Waals surface area contributed by atoms with E-state index in [1.165, 1.54) is 0 Å². The molecule has 8 fully saturated rings. The van der Waals surface area contributed by atoms with Crippen molar-refractivity contribution < 1.29 is 479 Å². The molecule has 40 atom stereocenters. The smallest absolute Gasteiger partial charge is 0.550 e. The van der Waals surface area contributed by atoms with Gasteiger partial charge in [-0.05, 0) is 97.4 Å². The van der Waals surface area contributed by atoms with Gasteiger partial charge in [0.2, 0.25) is 0 Å². The summed E-state index contributed by atoms with van der Waals surface area (Å²) in [7, 11) is 0. The molecule has 49 nitrogen and oxygen atoms in total. The summed E-state index contributed by atoms with van der Waals surface area (Å²) >= 11 is 6.89. The zero-order chi connectivity index (χ0) is 94.9. The third kappa shape index (κ3) is 44.1. The number of hydrogen-bond donors (Lipinski definition) is 18. The van der Waals surface area contributed by atoms with Crippen molar-refractivity contribution in [2.24, 2.45) is 0 Å². The summed E-state index contributed by atoms with van der Waals surface area (Å²) < 4.78 is 91.0. The number of thioether (sulfide) groups is 8. The molecule has 8 aliphatic heterocycles. The van der Waals surface area contributed by atoms with Crippen LogP contribution in [0.2, 0.25) is 0 Å². The third-order valence-electron chi connectivity index (χ3n) is 21.1. The number of carboxylic acid groups (broad SMARTS) is 8. The van der Waals surface area contributed by atoms with Gasteiger partial charge in [0.15, 0.2) is 50.3 Å². The van der Waals surface area contributed by atoms with Crippen LogP contribution in [0.1, 0.15) is 51.4 Å². The summed E-state index contributed by atoms with van der Waals surface area (Å²) in [5, 5.41) is 300. The molecule has 8 rings (SSSR count). The Labute approximate surface area is 996 Å². The van der Waals surface area contributed by atoms with Crippen molar-refractivity contribution in [3.8, 4) is 0 Å². The van der Waals surface area contributed by atoms with E-state index < -0.39 is 368 Å². The monoisotopic (exact) mass is 2190 g/mol. The fourth-order valence-electron chi connectivity index (χ4n) is 14.2. The van der Waals surface area contributed by atoms with Gasteiger partial charge in [0.1, 0.15) is 146 Å². The molecule has 137 heavy (non-hydrogen) atoms. The maximum absolute atomic E-state index is 12.2. The number of aliphatic hydroxyl groups is 18. The largest absolute Gasteiger partial charge is 1.00 e. The second kappa shape index (κ2) is 72.1. The van der Waals surface area contributed by atoms with Crippen molar-refractivity contribution in [2.45, 2.75) is 297 Å². The minimum Gasteiger partial charge on any atom is -0.550 e. The van der Waals surface area contributed by atoms with E-state index in [-0.39, 0.29) is 305 Å². The number of aliphatic hydroxyl groups excluding tert-OH is 18. The van der Waals surface area contributed by atoms with Gasteiger partial charge in [-0.25, -0.2) is 0 Å². The molecular weight excluding hydrogens is 2090 g/mol. The molecule has 0 bridgehead atoms. The van der Waals surface area contributed by atoms with Gasteiger partial charge in [-0.15, -0.1) is 0 Å². The van der Waals surface area contributed by atoms with Gasteiger partial charge in [0, 0.05) is 93.8 Å². The van der Waals surface area contributed by atoms with Crippen molar-refractivity contribution in [3.63, 3.8) is 0 Å². The van der Waals surface area contributed by atoms with Gasteiger partial charge in [-0.2, -0.15) is 94.1 Å². The van der Waals surface area contributed by atoms with E-state index >= 15 is 0 Å². The quantitative estimate of drug-likeness (QED) is 0.0199. The van der Waals surface area contributed by atoms with Crippen LogP contribution in [-0.2, 0) is 109 Å². The Balaban J connectivity index is 0.0000231. The Morgan fingerprint density at radius 3 is 0.474 bits per heavy atom. The van der Waals surface area contributed by atoms with E-state index in [2.05, 4.69) is 0 Å². The molecule has 0 aliphatic carbocycles. The first kappa shape index (κ1) is 142. The van der Waals surface area contributed by atoms with Crippen LogP contribution in [0, 0.1) is 0 Å². The number of carbonyl (C=O) groups is 8. The molecular formula is C72H106Na8O49S8. The van der Waals surface area contributed by atoms with E-state index in [4.69, 9.17) is 71.1 Å². The predicted molar refractivity (Wildman–Crippen MR) is 423 cm³/mol. The second-order valence-corrected chi connectivity index (χ2v) is 39.7. The SMILES string of the molecule is O=C([O-])CCSC[C@H]1O[C@H](O[C@H]2[C@H](O)[C@@H](O)[C@@H](O[C@H]3[C@H](O)[C@@H](O)[C@@H](O[C@H]4[C@H](O)[C@@H](O)[C@@H](O[C@H]5[C@H](O)[C@@H](O)[C@@H](O[C@H]6[C@H](O)[C@@H](O)[C@@H](O[C@H]7[C@H](O)[C@@H](O)[C@@H](O[C@H]8[C@H](O)[C@@H](O)[C@@H](O)O[C@@H]8CSCCC(=O)[O-])O[C@@H]7CSCCC(=O)[O-])O[C@@H]6CSCCC(=O)[O-])O[C@@H]5CSCCC(=O)[O-])O[C@@H]4CSCCC(=O)[O-])O[C@@H]3CSCCC(=O)[O-])O[C@@H]2CSCCC(=O)[O-])[C@H](O)[C@@H](O)[C@@H]1O.[Na+].[Na+].[Na+].[Na+].[Na+].[Na+].[Na+].[Na+]. The van der Waals surface area contributed by atoms with Crippen LogP contribution in [0.4, 0.5) is 0 Å². The van der Waals surface area contributed by atoms with E-state index in [0.29, 0.717) is 0 Å². The zero-order valence-corrected chi connectivity index (χ0v) is 98.6. The Morgan fingerprint density at radius 2 is 0.314 bits per heavy atom. The fourth-order valence-corrected chi connectivity index (χ4v) is 22.1. The van der Waals surface area contributed by atoms with Crippen LogP contribution in [-0.4, -0.2) is 477 Å². The molecule has 8 saturated heterocycles. The molecule has 0 saturated carbocycles. The van der Waals surface area contributed by atoms with Crippen molar-refractivity contribution in [2.75, 3.05) is 92.0 Å². The Kier molecular flexibility index (Phi) is 74.9. The molecule has 18 N–H and O–H groups in total. The summed E-state index contributed by atoms with van der Waals surface area (Å²) in [5.74, 6) is -16.1. The number of carboxylic acids is 8. The van der Waals surface area contributed by atoms with Crippen molar-refractivity contribution in [1.82, 2.24) is 0 Å². The standard InChI is InChI=1S/C72H114O49S8.8Na/c73-33(74)1-9-122-17-25-41(89)42(90)51(99)66(108-25)116-59-27(19-124-11-3-35(77)78)110-68(53(101)44(59)92)118-61-29(21-126-13-5-37(81)82)112-70(55(103)46(61)94)120-63-31(23-128-15-7-39(85)86)114-72(57(105)48(63)96)121-64-32(24-129-16-8-40(87)88)113-71(56(104)49(64)97)119-62-30(22-127-14-6-38(83)84)111-69(54(102)47(62)95)117-60-28(20-125-12-4-36(79)80)109-67(52(100)45(60)93)115-58-26(18-123-10-2-34(75)76)107-65(106)50(98)43(58)91;;;;;;;;/h25-32,41-72,89-106H,1-24H2,(H,73,74)(H,75,76)(H,77,78)(H,79,80)(H,81,82)(H,83,84)(H,85,86)(H,87,88);;;;;;;;/q;8*+1/p-8/t25-,26-,27-,28-,29-,30-,31-,32-,41-,42+,43-,44-,45-,46-,47-,48-,49-,50-,51-,52-,53-,54-,55-,56-,57-,58-,59-,60-,61-,62-,63-,64-,65+,66-,67-,68-,69-,70-,71-,72-;;;;;;;;/m1......../s1. The summed E-state index contributed by atoms with van der Waals surface area (Å²) in [5.41, 5.74) is 0. The molecule has 0 aromatic heterocycles. The summed E-state index contributed by atoms with van der Waals surface area (Å²) in [6.45, 7) is 0. The van der Waals surface area contributed by atoms with Crippen LogP contribution in [0.3, 0.4) is 0 Å². The van der Waals surface area contributed by atoms with Crippen LogP contribution >= 0.6 is 94.1 Å². The zero-order valence-electron chi connectivity index (χ0n) is 76.0. The van der Waals surface area contributed by atoms with Crippen molar-refractivity contribution in [1.29, 1.82) is 0 Å². The minimum atomic E-state index is -2.38. The Hall–Kier alpha value is 5.24. The van der Waals surface area contributed by atoms with E-state index in [1.54, 1.807) is 0 Å². The average molecular weight is 2200 g/mol. The molecule has 8 heterocycles. The van der Waals surface area contributed by atoms with E-state index in [9.17, 15) is 171 Å². The van der Waals surface area contributed by atoms with Gasteiger partial charge in [0.25, 0.3) is 0 Å². The maximum atomic E-state index is 12.2. The molecule has 0 amide bonds. The first-order valence-corrected chi connectivity index (χ1v) is 49.6. The first-order valence-electron chi connectivity index (χ1n) is 40.4. The van der Waals surface area contributed by atoms with Crippen molar-refractivity contribution in [3.05, 3.63) is 0 Å². The molecule has 0 unspecified atom stereocenters. The third-order valence-corrected chi connectivity index (χ3v) is 29.5. The molecule has 0 radical (unpaired) electrons. The van der Waals surface area contributed by atoms with Gasteiger partial charge in [-0.3, -0.25) is 0 Å². The number of hydrogen-bond acceptors (Lipinski definition) is 57. The molecule has 65 heteroatoms. The topological polar surface area (TPSA) is 824 Å². The molecule has 0 aromatic rings. The van der Waals surface area contributed by atoms with Crippen molar-refractivity contribution >= 4 is 142 Å². The van der Waals surface area contributed by atoms with Gasteiger partial charge < -0.3 is 242 Å². The number of ether oxygens (including phenoxy) is 15. The molecule has 0 spiro atoms. The number of carbonyl (C=O) groups excluding carboxylic acids is 8. The molecule has 744 valence electrons. The number of rotatable bonds is 54. The summed E-state index contributed by atoms with van der Waals surface area (Å²) in [4.78, 5) is 91.6. The predicted octanol–water partition coefficient (Wildman–Crippen LogP) is -43.4. The van der Waals surface area contributed by atoms with E-state index in [1.807, 2.05) is 0 Å². The van der Waals surface area contributed by atoms with Crippen LogP contribution in [0.25, 0.3) is 0 Å². The van der Waals surface area contributed by atoms with Crippen LogP contribution < -0.4 is 277 Å². The van der Waals surface area contributed by atoms with E-state index in [0.717, 1.165) is 94.1 Å². The maximum Gasteiger partial charge on any atom is 1.00 e. The second-order valence-electron chi connectivity index (χ2n) is 30.5. The Morgan fingerprint density at radius 1 is 0.182 bits per heavy atom.